The Hall–Kier alpha value is -3.60. The Morgan fingerprint density at radius 2 is 1.69 bits per heavy atom. The Morgan fingerprint density at radius 1 is 1.00 bits per heavy atom. The first-order valence-electron chi connectivity index (χ1n) is 12.7. The number of benzene rings is 2. The lowest BCUT2D eigenvalue weighted by molar-refractivity contribution is -0.180. The molecule has 0 aliphatic carbocycles. The molecule has 0 bridgehead atoms. The second-order valence-electron chi connectivity index (χ2n) is 9.13. The quantitative estimate of drug-likeness (QED) is 0.285. The average Bonchev–Trinajstić information content (AvgIpc) is 2.93. The van der Waals surface area contributed by atoms with Gasteiger partial charge in [0.2, 0.25) is 0 Å². The third-order valence-electron chi connectivity index (χ3n) is 6.64. The molecule has 0 amide bonds. The molecule has 2 unspecified atom stereocenters. The molecule has 0 saturated heterocycles. The molecule has 1 aliphatic heterocycles. The molecule has 212 valence electrons. The Kier molecular flexibility index (Phi) is 11.2. The number of aliphatic hydroxyl groups is 1. The van der Waals surface area contributed by atoms with Gasteiger partial charge in [-0.1, -0.05) is 18.2 Å². The normalized spacial score (nSPS) is 18.7. The first-order valence-corrected chi connectivity index (χ1v) is 12.7. The highest BCUT2D eigenvalue weighted by atomic mass is 16.7. The molecule has 1 aliphatic rings. The highest BCUT2D eigenvalue weighted by molar-refractivity contribution is 5.90. The van der Waals surface area contributed by atoms with Crippen LogP contribution in [0.2, 0.25) is 0 Å². The summed E-state index contributed by atoms with van der Waals surface area (Å²) in [7, 11) is 4.26. The van der Waals surface area contributed by atoms with E-state index in [0.29, 0.717) is 24.3 Å². The Balaban J connectivity index is 1.61. The van der Waals surface area contributed by atoms with E-state index in [4.69, 9.17) is 33.5 Å². The fourth-order valence-corrected chi connectivity index (χ4v) is 4.54. The van der Waals surface area contributed by atoms with E-state index in [-0.39, 0.29) is 37.1 Å². The third-order valence-corrected chi connectivity index (χ3v) is 6.64. The number of hydrogen-bond acceptors (Lipinski definition) is 10. The zero-order chi connectivity index (χ0) is 28.4. The molecule has 10 heteroatoms. The van der Waals surface area contributed by atoms with Crippen molar-refractivity contribution in [1.82, 2.24) is 0 Å². The van der Waals surface area contributed by atoms with Gasteiger partial charge in [-0.15, -0.1) is 0 Å². The molecule has 1 heterocycles. The summed E-state index contributed by atoms with van der Waals surface area (Å²) in [6.07, 6.45) is 1.11. The van der Waals surface area contributed by atoms with E-state index in [0.717, 1.165) is 11.1 Å². The molecule has 0 aromatic heterocycles. The fraction of sp³-hybridized carbons (Fsp3) is 0.448. The van der Waals surface area contributed by atoms with Crippen LogP contribution in [0.4, 0.5) is 0 Å². The van der Waals surface area contributed by atoms with Crippen LogP contribution in [0.15, 0.2) is 54.3 Å². The number of carbonyl (C=O) groups is 2. The minimum atomic E-state index is -0.703. The minimum absolute atomic E-state index is 0.000262. The van der Waals surface area contributed by atoms with Crippen molar-refractivity contribution in [2.75, 3.05) is 34.5 Å². The number of rotatable bonds is 13. The number of phenolic OH excluding ortho intramolecular Hbond substituents is 1. The van der Waals surface area contributed by atoms with Gasteiger partial charge in [0.25, 0.3) is 0 Å². The summed E-state index contributed by atoms with van der Waals surface area (Å²) in [5, 5.41) is 19.2. The second-order valence-corrected chi connectivity index (χ2v) is 9.13. The number of methoxy groups -OCH3 is 3. The maximum Gasteiger partial charge on any atom is 0.337 e. The molecule has 3 rings (SSSR count). The molecular formula is C29H36O10. The first kappa shape index (κ1) is 29.9. The summed E-state index contributed by atoms with van der Waals surface area (Å²) in [4.78, 5) is 25.2. The number of phenols is 1. The van der Waals surface area contributed by atoms with Crippen LogP contribution < -0.4 is 4.74 Å². The molecule has 2 aromatic rings. The number of aromatic hydroxyl groups is 1. The van der Waals surface area contributed by atoms with E-state index in [1.54, 1.807) is 24.3 Å². The van der Waals surface area contributed by atoms with Crippen molar-refractivity contribution < 1.29 is 48.2 Å². The monoisotopic (exact) mass is 544 g/mol. The lowest BCUT2D eigenvalue weighted by Crippen LogP contribution is -2.44. The van der Waals surface area contributed by atoms with Crippen LogP contribution in [-0.4, -0.2) is 69.1 Å². The van der Waals surface area contributed by atoms with Gasteiger partial charge in [-0.2, -0.15) is 0 Å². The highest BCUT2D eigenvalue weighted by Gasteiger charge is 2.44. The van der Waals surface area contributed by atoms with Gasteiger partial charge in [0.05, 0.1) is 37.9 Å². The van der Waals surface area contributed by atoms with Crippen molar-refractivity contribution in [2.24, 2.45) is 11.8 Å². The van der Waals surface area contributed by atoms with Crippen LogP contribution in [0.1, 0.15) is 24.5 Å². The van der Waals surface area contributed by atoms with Crippen molar-refractivity contribution in [3.63, 3.8) is 0 Å². The highest BCUT2D eigenvalue weighted by Crippen LogP contribution is 2.37. The molecule has 0 saturated carbocycles. The minimum Gasteiger partial charge on any atom is -0.504 e. The van der Waals surface area contributed by atoms with Gasteiger partial charge in [0, 0.05) is 33.2 Å². The number of hydrogen-bond donors (Lipinski definition) is 2. The second kappa shape index (κ2) is 14.5. The standard InChI is InChI=1S/C29H36O10/c1-18-27(29(35-3)36-4)22(16-26(32)34-2)23(17-38-18)28(33)37-14-12-19-5-8-21(9-6-19)39-25-15-20(11-13-30)7-10-24(25)31/h5-10,15,17-18,22,27,29-31H,11-14,16H2,1-4H3/t18?,22-,27?/m1/s1. The van der Waals surface area contributed by atoms with E-state index in [1.807, 2.05) is 19.1 Å². The van der Waals surface area contributed by atoms with Crippen LogP contribution in [0.3, 0.4) is 0 Å². The smallest absolute Gasteiger partial charge is 0.337 e. The zero-order valence-electron chi connectivity index (χ0n) is 22.6. The number of ether oxygens (including phenoxy) is 6. The third kappa shape index (κ3) is 7.95. The number of aliphatic hydroxyl groups excluding tert-OH is 1. The van der Waals surface area contributed by atoms with E-state index in [1.165, 1.54) is 33.7 Å². The van der Waals surface area contributed by atoms with Crippen LogP contribution >= 0.6 is 0 Å². The SMILES string of the molecule is COC(=O)C[C@@H]1C(C(=O)OCCc2ccc(Oc3cc(CCO)ccc3O)cc2)=COC(C)C1C(OC)OC. The van der Waals surface area contributed by atoms with Crippen molar-refractivity contribution in [1.29, 1.82) is 0 Å². The molecule has 0 fully saturated rings. The van der Waals surface area contributed by atoms with Gasteiger partial charge >= 0.3 is 11.9 Å². The van der Waals surface area contributed by atoms with Crippen molar-refractivity contribution in [3.8, 4) is 17.2 Å². The van der Waals surface area contributed by atoms with E-state index in [9.17, 15) is 14.7 Å². The lowest BCUT2D eigenvalue weighted by Gasteiger charge is -2.38. The van der Waals surface area contributed by atoms with Crippen LogP contribution in [0, 0.1) is 11.8 Å². The van der Waals surface area contributed by atoms with Gasteiger partial charge in [0.15, 0.2) is 17.8 Å². The van der Waals surface area contributed by atoms with E-state index < -0.39 is 30.1 Å². The average molecular weight is 545 g/mol. The Labute approximate surface area is 228 Å². The molecule has 2 N–H and O–H groups in total. The van der Waals surface area contributed by atoms with Crippen molar-refractivity contribution >= 4 is 11.9 Å². The zero-order valence-corrected chi connectivity index (χ0v) is 22.6. The molecular weight excluding hydrogens is 508 g/mol. The van der Waals surface area contributed by atoms with Gasteiger partial charge < -0.3 is 38.6 Å². The molecule has 10 nitrogen and oxygen atoms in total. The van der Waals surface area contributed by atoms with Crippen LogP contribution in [0.5, 0.6) is 17.2 Å². The summed E-state index contributed by atoms with van der Waals surface area (Å²) in [5.41, 5.74) is 1.96. The Bertz CT molecular complexity index is 1120. The predicted molar refractivity (Wildman–Crippen MR) is 140 cm³/mol. The van der Waals surface area contributed by atoms with Gasteiger partial charge in [-0.05, 0) is 48.7 Å². The molecule has 0 spiro atoms. The summed E-state index contributed by atoms with van der Waals surface area (Å²) < 4.78 is 32.7. The first-order chi connectivity index (χ1) is 18.8. The maximum atomic E-state index is 13.0. The summed E-state index contributed by atoms with van der Waals surface area (Å²) in [6.45, 7) is 1.92. The van der Waals surface area contributed by atoms with Crippen molar-refractivity contribution in [2.45, 2.75) is 38.6 Å². The molecule has 2 aromatic carbocycles. The summed E-state index contributed by atoms with van der Waals surface area (Å²) in [5.74, 6) is -1.27. The summed E-state index contributed by atoms with van der Waals surface area (Å²) >= 11 is 0. The lowest BCUT2D eigenvalue weighted by atomic mass is 9.78. The van der Waals surface area contributed by atoms with Crippen LogP contribution in [0.25, 0.3) is 0 Å². The van der Waals surface area contributed by atoms with Gasteiger partial charge in [-0.3, -0.25) is 4.79 Å². The van der Waals surface area contributed by atoms with Crippen molar-refractivity contribution in [3.05, 3.63) is 65.4 Å². The predicted octanol–water partition coefficient (Wildman–Crippen LogP) is 3.52. The molecule has 0 radical (unpaired) electrons. The fourth-order valence-electron chi connectivity index (χ4n) is 4.54. The van der Waals surface area contributed by atoms with Gasteiger partial charge in [0.1, 0.15) is 11.9 Å². The summed E-state index contributed by atoms with van der Waals surface area (Å²) in [6, 6.07) is 12.1. The molecule has 3 atom stereocenters. The van der Waals surface area contributed by atoms with Crippen LogP contribution in [-0.2, 0) is 46.1 Å². The molecule has 39 heavy (non-hydrogen) atoms. The number of carbonyl (C=O) groups excluding carboxylic acids is 2. The number of esters is 2. The topological polar surface area (TPSA) is 130 Å². The van der Waals surface area contributed by atoms with Gasteiger partial charge in [-0.25, -0.2) is 4.79 Å². The van der Waals surface area contributed by atoms with E-state index >= 15 is 0 Å². The largest absolute Gasteiger partial charge is 0.504 e. The van der Waals surface area contributed by atoms with E-state index in [2.05, 4.69) is 0 Å². The maximum absolute atomic E-state index is 13.0. The Morgan fingerprint density at radius 3 is 2.33 bits per heavy atom.